The molecule has 0 saturated carbocycles. The fraction of sp³-hybridized carbons (Fsp3) is 0.0952. The van der Waals surface area contributed by atoms with Crippen molar-refractivity contribution in [2.45, 2.75) is 13.1 Å². The number of alkyl halides is 3. The highest BCUT2D eigenvalue weighted by atomic mass is 35.5. The molecule has 0 atom stereocenters. The van der Waals surface area contributed by atoms with Crippen LogP contribution in [0.1, 0.15) is 21.5 Å². The van der Waals surface area contributed by atoms with Gasteiger partial charge in [0.15, 0.2) is 0 Å². The lowest BCUT2D eigenvalue weighted by atomic mass is 10.1. The van der Waals surface area contributed by atoms with Gasteiger partial charge in [-0.25, -0.2) is 0 Å². The molecule has 0 spiro atoms. The van der Waals surface area contributed by atoms with Crippen LogP contribution in [0.4, 0.5) is 18.9 Å². The van der Waals surface area contributed by atoms with Crippen LogP contribution >= 0.6 is 11.6 Å². The molecule has 2 N–H and O–H groups in total. The Hall–Kier alpha value is -3.39. The van der Waals surface area contributed by atoms with Gasteiger partial charge in [-0.05, 0) is 42.8 Å². The number of aryl methyl sites for hydroxylation is 1. The first-order valence-electron chi connectivity index (χ1n) is 8.75. The molecule has 4 rings (SSSR count). The van der Waals surface area contributed by atoms with Gasteiger partial charge >= 0.3 is 6.18 Å². The molecule has 30 heavy (non-hydrogen) atoms. The monoisotopic (exact) mass is 431 g/mol. The number of aromatic nitrogens is 2. The summed E-state index contributed by atoms with van der Waals surface area (Å²) in [6.07, 6.45) is -2.16. The van der Waals surface area contributed by atoms with Gasteiger partial charge in [-0.2, -0.15) is 13.2 Å². The number of nitrogens with one attached hydrogen (secondary N) is 2. The molecule has 4 aromatic rings. The summed E-state index contributed by atoms with van der Waals surface area (Å²) in [5, 5.41) is 3.55. The first kappa shape index (κ1) is 19.9. The highest BCUT2D eigenvalue weighted by molar-refractivity contribution is 6.32. The number of halogens is 4. The lowest BCUT2D eigenvalue weighted by Gasteiger charge is -2.12. The number of aromatic amines is 1. The van der Waals surface area contributed by atoms with E-state index in [1.165, 1.54) is 12.3 Å². The summed E-state index contributed by atoms with van der Waals surface area (Å²) < 4.78 is 39.6. The maximum Gasteiger partial charge on any atom is 0.418 e. The minimum atomic E-state index is -4.64. The van der Waals surface area contributed by atoms with Gasteiger partial charge in [-0.3, -0.25) is 14.6 Å². The highest BCUT2D eigenvalue weighted by Gasteiger charge is 2.33. The van der Waals surface area contributed by atoms with Gasteiger partial charge in [-0.15, -0.1) is 0 Å². The van der Waals surface area contributed by atoms with E-state index in [1.807, 2.05) is 0 Å². The van der Waals surface area contributed by atoms with Crippen LogP contribution in [0.15, 0.2) is 53.6 Å². The topological polar surface area (TPSA) is 74.8 Å². The minimum absolute atomic E-state index is 0.223. The average molecular weight is 432 g/mol. The Morgan fingerprint density at radius 2 is 1.90 bits per heavy atom. The van der Waals surface area contributed by atoms with Crippen molar-refractivity contribution in [2.24, 2.45) is 0 Å². The molecule has 9 heteroatoms. The average Bonchev–Trinajstić information content (AvgIpc) is 2.70. The van der Waals surface area contributed by atoms with E-state index in [4.69, 9.17) is 11.6 Å². The Morgan fingerprint density at radius 1 is 1.13 bits per heavy atom. The lowest BCUT2D eigenvalue weighted by molar-refractivity contribution is -0.136. The van der Waals surface area contributed by atoms with Gasteiger partial charge < -0.3 is 10.3 Å². The Balaban J connectivity index is 1.78. The number of anilines is 1. The van der Waals surface area contributed by atoms with Crippen LogP contribution < -0.4 is 10.7 Å². The van der Waals surface area contributed by atoms with E-state index >= 15 is 0 Å². The number of hydrogen-bond donors (Lipinski definition) is 2. The SMILES string of the molecule is Cc1c(Cl)ccc2c(NC(=O)c3c[nH]c4c(C(F)(F)F)cccc4c3=O)ccnc12. The van der Waals surface area contributed by atoms with Crippen molar-refractivity contribution in [1.82, 2.24) is 9.97 Å². The molecule has 0 radical (unpaired) electrons. The third-order valence-electron chi connectivity index (χ3n) is 4.81. The number of nitrogens with zero attached hydrogens (tertiary/aromatic N) is 1. The maximum absolute atomic E-state index is 13.2. The third-order valence-corrected chi connectivity index (χ3v) is 5.22. The van der Waals surface area contributed by atoms with E-state index in [-0.39, 0.29) is 16.5 Å². The van der Waals surface area contributed by atoms with Gasteiger partial charge in [0.2, 0.25) is 5.43 Å². The van der Waals surface area contributed by atoms with E-state index in [0.29, 0.717) is 21.6 Å². The summed E-state index contributed by atoms with van der Waals surface area (Å²) in [5.41, 5.74) is -0.741. The van der Waals surface area contributed by atoms with Gasteiger partial charge in [0.05, 0.1) is 22.3 Å². The second kappa shape index (κ2) is 7.14. The summed E-state index contributed by atoms with van der Waals surface area (Å²) in [6.45, 7) is 1.79. The quantitative estimate of drug-likeness (QED) is 0.451. The highest BCUT2D eigenvalue weighted by Crippen LogP contribution is 2.33. The standard InChI is InChI=1S/C21H13ClF3N3O2/c1-10-15(22)6-5-11-16(7-8-26-17(10)11)28-20(30)13-9-27-18-12(19(13)29)3-2-4-14(18)21(23,24)25/h2-9H,1H3,(H,27,29)(H,26,28,30). The predicted octanol–water partition coefficient (Wildman–Crippen LogP) is 5.31. The molecular formula is C21H13ClF3N3O2. The van der Waals surface area contributed by atoms with Crippen molar-refractivity contribution in [3.8, 4) is 0 Å². The molecule has 2 aromatic carbocycles. The van der Waals surface area contributed by atoms with Gasteiger partial charge in [0, 0.05) is 28.2 Å². The zero-order valence-corrected chi connectivity index (χ0v) is 16.2. The Kier molecular flexibility index (Phi) is 4.74. The molecule has 5 nitrogen and oxygen atoms in total. The molecule has 1 amide bonds. The zero-order valence-electron chi connectivity index (χ0n) is 15.4. The van der Waals surface area contributed by atoms with Crippen molar-refractivity contribution >= 4 is 45.0 Å². The summed E-state index contributed by atoms with van der Waals surface area (Å²) >= 11 is 6.11. The predicted molar refractivity (Wildman–Crippen MR) is 109 cm³/mol. The van der Waals surface area contributed by atoms with Crippen LogP contribution in [-0.2, 0) is 6.18 Å². The van der Waals surface area contributed by atoms with Crippen molar-refractivity contribution in [1.29, 1.82) is 0 Å². The first-order chi connectivity index (χ1) is 14.2. The number of rotatable bonds is 2. The van der Waals surface area contributed by atoms with Gasteiger partial charge in [-0.1, -0.05) is 17.7 Å². The largest absolute Gasteiger partial charge is 0.418 e. The molecule has 0 unspecified atom stereocenters. The summed E-state index contributed by atoms with van der Waals surface area (Å²) in [7, 11) is 0. The molecule has 0 aliphatic rings. The molecule has 0 bridgehead atoms. The molecule has 0 aliphatic heterocycles. The number of fused-ring (bicyclic) bond motifs is 2. The Morgan fingerprint density at radius 3 is 2.63 bits per heavy atom. The van der Waals surface area contributed by atoms with E-state index in [9.17, 15) is 22.8 Å². The van der Waals surface area contributed by atoms with Gasteiger partial charge in [0.25, 0.3) is 5.91 Å². The second-order valence-corrected chi connectivity index (χ2v) is 7.05. The molecule has 2 aromatic heterocycles. The summed E-state index contributed by atoms with van der Waals surface area (Å²) in [4.78, 5) is 32.2. The van der Waals surface area contributed by atoms with Crippen LogP contribution in [-0.4, -0.2) is 15.9 Å². The number of benzene rings is 2. The molecule has 0 fully saturated rings. The molecule has 152 valence electrons. The molecule has 0 aliphatic carbocycles. The first-order valence-corrected chi connectivity index (χ1v) is 9.13. The second-order valence-electron chi connectivity index (χ2n) is 6.64. The number of para-hydroxylation sites is 1. The van der Waals surface area contributed by atoms with Crippen molar-refractivity contribution < 1.29 is 18.0 Å². The van der Waals surface area contributed by atoms with Crippen molar-refractivity contribution in [2.75, 3.05) is 5.32 Å². The number of carbonyl (C=O) groups excluding carboxylic acids is 1. The smallest absolute Gasteiger partial charge is 0.360 e. The number of hydrogen-bond acceptors (Lipinski definition) is 3. The van der Waals surface area contributed by atoms with Crippen LogP contribution in [0.2, 0.25) is 5.02 Å². The molecule has 2 heterocycles. The number of H-pyrrole nitrogens is 1. The molecular weight excluding hydrogens is 419 g/mol. The van der Waals surface area contributed by atoms with Crippen LogP contribution in [0.3, 0.4) is 0 Å². The fourth-order valence-electron chi connectivity index (χ4n) is 3.29. The number of amides is 1. The van der Waals surface area contributed by atoms with Crippen molar-refractivity contribution in [3.63, 3.8) is 0 Å². The summed E-state index contributed by atoms with van der Waals surface area (Å²) in [5.74, 6) is -0.754. The van der Waals surface area contributed by atoms with E-state index in [0.717, 1.165) is 23.9 Å². The zero-order chi connectivity index (χ0) is 21.6. The van der Waals surface area contributed by atoms with E-state index < -0.39 is 23.1 Å². The maximum atomic E-state index is 13.2. The van der Waals surface area contributed by atoms with Gasteiger partial charge in [0.1, 0.15) is 5.56 Å². The van der Waals surface area contributed by atoms with E-state index in [1.54, 1.807) is 25.1 Å². The fourth-order valence-corrected chi connectivity index (χ4v) is 3.44. The molecule has 0 saturated heterocycles. The number of carbonyl (C=O) groups is 1. The lowest BCUT2D eigenvalue weighted by Crippen LogP contribution is -2.23. The van der Waals surface area contributed by atoms with Crippen LogP contribution in [0.25, 0.3) is 21.8 Å². The Bertz CT molecular complexity index is 1380. The minimum Gasteiger partial charge on any atom is -0.360 e. The summed E-state index contributed by atoms with van der Waals surface area (Å²) in [6, 6.07) is 8.16. The Labute approximate surface area is 172 Å². The van der Waals surface area contributed by atoms with Crippen molar-refractivity contribution in [3.05, 3.63) is 80.7 Å². The van der Waals surface area contributed by atoms with Crippen LogP contribution in [0, 0.1) is 6.92 Å². The van der Waals surface area contributed by atoms with E-state index in [2.05, 4.69) is 15.3 Å². The number of pyridine rings is 2. The normalized spacial score (nSPS) is 11.8. The van der Waals surface area contributed by atoms with Crippen LogP contribution in [0.5, 0.6) is 0 Å². The third kappa shape index (κ3) is 3.29.